The standard InChI is InChI=1S/C14H23N3S/c1-9-16-11(8-18-9)7-14(15)10-5-12-3-4-13(6-10)17(12)2/h8,10,12-14H,3-7,15H2,1-2H3. The van der Waals surface area contributed by atoms with E-state index in [2.05, 4.69) is 29.2 Å². The molecule has 0 amide bonds. The van der Waals surface area contributed by atoms with Crippen molar-refractivity contribution in [2.24, 2.45) is 11.7 Å². The van der Waals surface area contributed by atoms with E-state index in [4.69, 9.17) is 5.73 Å². The summed E-state index contributed by atoms with van der Waals surface area (Å²) in [6.07, 6.45) is 6.28. The van der Waals surface area contributed by atoms with Crippen LogP contribution >= 0.6 is 11.3 Å². The molecule has 100 valence electrons. The molecule has 0 aliphatic carbocycles. The lowest BCUT2D eigenvalue weighted by Gasteiger charge is -2.38. The molecule has 3 heterocycles. The van der Waals surface area contributed by atoms with Gasteiger partial charge in [-0.15, -0.1) is 11.3 Å². The molecule has 2 N–H and O–H groups in total. The van der Waals surface area contributed by atoms with E-state index >= 15 is 0 Å². The zero-order chi connectivity index (χ0) is 12.7. The van der Waals surface area contributed by atoms with Gasteiger partial charge in [-0.2, -0.15) is 0 Å². The van der Waals surface area contributed by atoms with Crippen LogP contribution in [0, 0.1) is 12.8 Å². The molecular formula is C14H23N3S. The number of aryl methyl sites for hydroxylation is 1. The van der Waals surface area contributed by atoms with E-state index in [1.165, 1.54) is 31.4 Å². The third kappa shape index (κ3) is 2.33. The van der Waals surface area contributed by atoms with Gasteiger partial charge in [0.25, 0.3) is 0 Å². The van der Waals surface area contributed by atoms with Gasteiger partial charge in [-0.25, -0.2) is 4.98 Å². The monoisotopic (exact) mass is 265 g/mol. The van der Waals surface area contributed by atoms with E-state index in [1.54, 1.807) is 11.3 Å². The fourth-order valence-electron chi connectivity index (χ4n) is 3.71. The Kier molecular flexibility index (Phi) is 3.43. The van der Waals surface area contributed by atoms with Crippen LogP contribution < -0.4 is 5.73 Å². The molecule has 0 saturated carbocycles. The molecule has 0 radical (unpaired) electrons. The highest BCUT2D eigenvalue weighted by Gasteiger charge is 2.40. The largest absolute Gasteiger partial charge is 0.327 e. The maximum atomic E-state index is 6.43. The predicted molar refractivity (Wildman–Crippen MR) is 75.8 cm³/mol. The van der Waals surface area contributed by atoms with Crippen LogP contribution in [0.2, 0.25) is 0 Å². The van der Waals surface area contributed by atoms with E-state index in [1.807, 2.05) is 0 Å². The lowest BCUT2D eigenvalue weighted by atomic mass is 9.84. The Morgan fingerprint density at radius 3 is 2.67 bits per heavy atom. The highest BCUT2D eigenvalue weighted by molar-refractivity contribution is 7.09. The second-order valence-electron chi connectivity index (χ2n) is 6.01. The zero-order valence-electron chi connectivity index (χ0n) is 11.3. The van der Waals surface area contributed by atoms with Crippen molar-refractivity contribution in [1.29, 1.82) is 0 Å². The Morgan fingerprint density at radius 2 is 2.11 bits per heavy atom. The molecule has 2 saturated heterocycles. The summed E-state index contributed by atoms with van der Waals surface area (Å²) in [7, 11) is 2.29. The average molecular weight is 265 g/mol. The number of piperidine rings is 1. The lowest BCUT2D eigenvalue weighted by Crippen LogP contribution is -2.46. The van der Waals surface area contributed by atoms with Gasteiger partial charge in [0, 0.05) is 29.9 Å². The number of thiazole rings is 1. The van der Waals surface area contributed by atoms with Gasteiger partial charge in [0.05, 0.1) is 10.7 Å². The summed E-state index contributed by atoms with van der Waals surface area (Å²) < 4.78 is 0. The Bertz CT molecular complexity index is 403. The minimum Gasteiger partial charge on any atom is -0.327 e. The first-order valence-corrected chi connectivity index (χ1v) is 7.90. The summed E-state index contributed by atoms with van der Waals surface area (Å²) in [6, 6.07) is 1.87. The first kappa shape index (κ1) is 12.6. The second kappa shape index (κ2) is 4.91. The summed E-state index contributed by atoms with van der Waals surface area (Å²) in [5.74, 6) is 0.695. The van der Waals surface area contributed by atoms with Gasteiger partial charge in [0.1, 0.15) is 0 Å². The molecule has 1 aromatic rings. The smallest absolute Gasteiger partial charge is 0.0897 e. The number of hydrogen-bond donors (Lipinski definition) is 1. The maximum Gasteiger partial charge on any atom is 0.0897 e. The molecule has 3 atom stereocenters. The molecule has 3 rings (SSSR count). The molecule has 18 heavy (non-hydrogen) atoms. The summed E-state index contributed by atoms with van der Waals surface area (Å²) in [5, 5.41) is 3.32. The number of nitrogens with zero attached hydrogens (tertiary/aromatic N) is 2. The summed E-state index contributed by atoms with van der Waals surface area (Å²) in [6.45, 7) is 2.06. The molecule has 3 unspecified atom stereocenters. The van der Waals surface area contributed by atoms with Crippen LogP contribution in [0.4, 0.5) is 0 Å². The van der Waals surface area contributed by atoms with E-state index in [9.17, 15) is 0 Å². The Morgan fingerprint density at radius 1 is 1.44 bits per heavy atom. The van der Waals surface area contributed by atoms with Gasteiger partial charge in [0.15, 0.2) is 0 Å². The normalized spacial score (nSPS) is 33.8. The maximum absolute atomic E-state index is 6.43. The minimum absolute atomic E-state index is 0.295. The first-order chi connectivity index (χ1) is 8.63. The second-order valence-corrected chi connectivity index (χ2v) is 7.07. The molecule has 2 bridgehead atoms. The highest BCUT2D eigenvalue weighted by atomic mass is 32.1. The van der Waals surface area contributed by atoms with Gasteiger partial charge in [-0.3, -0.25) is 0 Å². The molecule has 3 nitrogen and oxygen atoms in total. The molecule has 0 spiro atoms. The van der Waals surface area contributed by atoms with E-state index in [-0.39, 0.29) is 0 Å². The predicted octanol–water partition coefficient (Wildman–Crippen LogP) is 2.19. The van der Waals surface area contributed by atoms with Crippen molar-refractivity contribution < 1.29 is 0 Å². The fraction of sp³-hybridized carbons (Fsp3) is 0.786. The number of fused-ring (bicyclic) bond motifs is 2. The summed E-state index contributed by atoms with van der Waals surface area (Å²) in [5.41, 5.74) is 7.62. The SMILES string of the molecule is Cc1nc(CC(N)C2CC3CCC(C2)N3C)cs1. The van der Waals surface area contributed by atoms with Crippen molar-refractivity contribution in [2.75, 3.05) is 7.05 Å². The third-order valence-corrected chi connectivity index (χ3v) is 5.67. The first-order valence-electron chi connectivity index (χ1n) is 7.02. The Hall–Kier alpha value is -0.450. The van der Waals surface area contributed by atoms with Crippen molar-refractivity contribution in [3.05, 3.63) is 16.1 Å². The van der Waals surface area contributed by atoms with Crippen molar-refractivity contribution in [3.63, 3.8) is 0 Å². The van der Waals surface area contributed by atoms with Gasteiger partial charge in [-0.1, -0.05) is 0 Å². The number of aromatic nitrogens is 1. The summed E-state index contributed by atoms with van der Waals surface area (Å²) in [4.78, 5) is 7.12. The highest BCUT2D eigenvalue weighted by Crippen LogP contribution is 2.38. The van der Waals surface area contributed by atoms with Crippen molar-refractivity contribution >= 4 is 11.3 Å². The fourth-order valence-corrected chi connectivity index (χ4v) is 4.34. The van der Waals surface area contributed by atoms with Crippen LogP contribution in [0.1, 0.15) is 36.4 Å². The topological polar surface area (TPSA) is 42.1 Å². The number of hydrogen-bond acceptors (Lipinski definition) is 4. The van der Waals surface area contributed by atoms with Crippen LogP contribution in [0.5, 0.6) is 0 Å². The van der Waals surface area contributed by atoms with E-state index in [0.717, 1.165) is 23.5 Å². The van der Waals surface area contributed by atoms with Crippen LogP contribution in [-0.4, -0.2) is 35.1 Å². The summed E-state index contributed by atoms with van der Waals surface area (Å²) >= 11 is 1.73. The van der Waals surface area contributed by atoms with Crippen LogP contribution in [0.3, 0.4) is 0 Å². The van der Waals surface area contributed by atoms with Crippen molar-refractivity contribution in [2.45, 2.75) is 57.2 Å². The molecule has 2 fully saturated rings. The van der Waals surface area contributed by atoms with Gasteiger partial charge in [-0.05, 0) is 45.6 Å². The van der Waals surface area contributed by atoms with E-state index in [0.29, 0.717) is 12.0 Å². The van der Waals surface area contributed by atoms with Crippen LogP contribution in [0.15, 0.2) is 5.38 Å². The number of rotatable bonds is 3. The van der Waals surface area contributed by atoms with Crippen LogP contribution in [0.25, 0.3) is 0 Å². The molecule has 4 heteroatoms. The molecule has 2 aliphatic heterocycles. The molecule has 2 aliphatic rings. The van der Waals surface area contributed by atoms with Crippen molar-refractivity contribution in [1.82, 2.24) is 9.88 Å². The number of nitrogens with two attached hydrogens (primary N) is 1. The quantitative estimate of drug-likeness (QED) is 0.911. The van der Waals surface area contributed by atoms with Gasteiger partial charge in [0.2, 0.25) is 0 Å². The van der Waals surface area contributed by atoms with Gasteiger partial charge < -0.3 is 10.6 Å². The molecular weight excluding hydrogens is 242 g/mol. The average Bonchev–Trinajstić information content (AvgIpc) is 2.80. The van der Waals surface area contributed by atoms with Crippen LogP contribution in [-0.2, 0) is 6.42 Å². The molecule has 1 aromatic heterocycles. The van der Waals surface area contributed by atoms with Gasteiger partial charge >= 0.3 is 0 Å². The van der Waals surface area contributed by atoms with E-state index < -0.39 is 0 Å². The Labute approximate surface area is 113 Å². The zero-order valence-corrected chi connectivity index (χ0v) is 12.1. The molecule has 0 aromatic carbocycles. The lowest BCUT2D eigenvalue weighted by molar-refractivity contribution is 0.120. The third-order valence-electron chi connectivity index (χ3n) is 4.85. The minimum atomic E-state index is 0.295. The van der Waals surface area contributed by atoms with Crippen molar-refractivity contribution in [3.8, 4) is 0 Å². The Balaban J connectivity index is 1.62.